The van der Waals surface area contributed by atoms with Crippen LogP contribution in [0.2, 0.25) is 0 Å². The number of carbonyl (C=O) groups is 2. The zero-order valence-electron chi connectivity index (χ0n) is 17.1. The van der Waals surface area contributed by atoms with Gasteiger partial charge >= 0.3 is 11.9 Å². The third kappa shape index (κ3) is 5.02. The Morgan fingerprint density at radius 1 is 0.967 bits per heavy atom. The van der Waals surface area contributed by atoms with Crippen molar-refractivity contribution in [3.05, 3.63) is 53.6 Å². The molecule has 0 spiro atoms. The molecule has 0 bridgehead atoms. The van der Waals surface area contributed by atoms with Crippen LogP contribution in [0.4, 0.5) is 0 Å². The molecule has 1 atom stereocenters. The Kier molecular flexibility index (Phi) is 6.94. The second-order valence-electron chi connectivity index (χ2n) is 7.04. The maximum absolute atomic E-state index is 12.5. The summed E-state index contributed by atoms with van der Waals surface area (Å²) < 4.78 is 15.5. The molecule has 2 rings (SSSR count). The lowest BCUT2D eigenvalue weighted by Crippen LogP contribution is -2.35. The Morgan fingerprint density at radius 2 is 1.63 bits per heavy atom. The predicted molar refractivity (Wildman–Crippen MR) is 108 cm³/mol. The number of ether oxygens (including phenoxy) is 3. The highest BCUT2D eigenvalue weighted by Gasteiger charge is 2.42. The van der Waals surface area contributed by atoms with E-state index in [0.717, 1.165) is 6.08 Å². The average molecular weight is 416 g/mol. The zero-order valence-corrected chi connectivity index (χ0v) is 17.1. The highest BCUT2D eigenvalue weighted by molar-refractivity contribution is 5.88. The maximum atomic E-state index is 12.5. The lowest BCUT2D eigenvalue weighted by atomic mass is 9.82. The summed E-state index contributed by atoms with van der Waals surface area (Å²) in [5.74, 6) is -1.91. The molecule has 8 nitrogen and oxygen atoms in total. The summed E-state index contributed by atoms with van der Waals surface area (Å²) in [4.78, 5) is 24.8. The van der Waals surface area contributed by atoms with E-state index in [-0.39, 0.29) is 23.0 Å². The third-order valence-corrected chi connectivity index (χ3v) is 4.52. The number of hydrogen-bond acceptors (Lipinski definition) is 8. The van der Waals surface area contributed by atoms with Crippen molar-refractivity contribution in [1.29, 1.82) is 0 Å². The lowest BCUT2D eigenvalue weighted by molar-refractivity contribution is -0.166. The molecule has 8 heteroatoms. The Bertz CT molecular complexity index is 962. The smallest absolute Gasteiger partial charge is 0.331 e. The van der Waals surface area contributed by atoms with E-state index in [0.29, 0.717) is 11.1 Å². The molecular formula is C22H24O8. The van der Waals surface area contributed by atoms with Crippen LogP contribution in [-0.4, -0.2) is 41.5 Å². The van der Waals surface area contributed by atoms with Gasteiger partial charge < -0.3 is 29.5 Å². The van der Waals surface area contributed by atoms with Crippen molar-refractivity contribution < 1.29 is 39.1 Å². The van der Waals surface area contributed by atoms with E-state index in [1.165, 1.54) is 56.7 Å². The van der Waals surface area contributed by atoms with E-state index >= 15 is 0 Å². The number of aromatic hydroxyl groups is 3. The number of phenols is 3. The minimum Gasteiger partial charge on any atom is -0.504 e. The summed E-state index contributed by atoms with van der Waals surface area (Å²) in [5, 5.41) is 28.7. The van der Waals surface area contributed by atoms with Gasteiger partial charge in [-0.3, -0.25) is 4.79 Å². The van der Waals surface area contributed by atoms with Crippen LogP contribution >= 0.6 is 0 Å². The van der Waals surface area contributed by atoms with E-state index in [9.17, 15) is 24.9 Å². The van der Waals surface area contributed by atoms with Gasteiger partial charge in [-0.05, 0) is 55.3 Å². The molecule has 2 aromatic rings. The normalized spacial score (nSPS) is 12.4. The topological polar surface area (TPSA) is 123 Å². The molecule has 0 aromatic heterocycles. The van der Waals surface area contributed by atoms with Crippen LogP contribution in [0.15, 0.2) is 42.5 Å². The summed E-state index contributed by atoms with van der Waals surface area (Å²) in [6, 6.07) is 8.42. The molecule has 3 N–H and O–H groups in total. The fourth-order valence-corrected chi connectivity index (χ4v) is 2.82. The van der Waals surface area contributed by atoms with Gasteiger partial charge in [-0.1, -0.05) is 12.1 Å². The van der Waals surface area contributed by atoms with Gasteiger partial charge in [0.05, 0.1) is 14.2 Å². The molecule has 2 aromatic carbocycles. The second-order valence-corrected chi connectivity index (χ2v) is 7.04. The Balaban J connectivity index is 2.35. The molecule has 0 fully saturated rings. The number of hydrogen-bond donors (Lipinski definition) is 3. The van der Waals surface area contributed by atoms with Crippen molar-refractivity contribution in [2.75, 3.05) is 14.2 Å². The fourth-order valence-electron chi connectivity index (χ4n) is 2.82. The fraction of sp³-hybridized carbons (Fsp3) is 0.273. The standard InChI is InChI=1S/C22H24O8/c1-22(2,21(27)29-4)20(14-7-9-16(24)18(12-14)28-3)30-19(26)10-6-13-5-8-15(23)17(25)11-13/h5-12,20,23-25H,1-4H3/b10-6+. The molecule has 1 unspecified atom stereocenters. The first-order valence-electron chi connectivity index (χ1n) is 8.96. The minimum absolute atomic E-state index is 0.103. The first-order valence-corrected chi connectivity index (χ1v) is 8.96. The van der Waals surface area contributed by atoms with Crippen LogP contribution in [0.1, 0.15) is 31.1 Å². The quantitative estimate of drug-likeness (QED) is 0.357. The molecule has 0 radical (unpaired) electrons. The molecule has 0 aliphatic carbocycles. The van der Waals surface area contributed by atoms with Gasteiger partial charge in [-0.2, -0.15) is 0 Å². The second kappa shape index (κ2) is 9.21. The van der Waals surface area contributed by atoms with Crippen LogP contribution in [0.5, 0.6) is 23.0 Å². The van der Waals surface area contributed by atoms with Crippen molar-refractivity contribution in [3.63, 3.8) is 0 Å². The van der Waals surface area contributed by atoms with Gasteiger partial charge in [0.15, 0.2) is 23.0 Å². The van der Waals surface area contributed by atoms with Crippen molar-refractivity contribution in [2.45, 2.75) is 20.0 Å². The minimum atomic E-state index is -1.25. The van der Waals surface area contributed by atoms with Crippen molar-refractivity contribution in [1.82, 2.24) is 0 Å². The zero-order chi connectivity index (χ0) is 22.5. The number of benzene rings is 2. The van der Waals surface area contributed by atoms with Crippen molar-refractivity contribution in [2.24, 2.45) is 5.41 Å². The summed E-state index contributed by atoms with van der Waals surface area (Å²) >= 11 is 0. The molecule has 0 amide bonds. The van der Waals surface area contributed by atoms with Crippen molar-refractivity contribution >= 4 is 18.0 Å². The van der Waals surface area contributed by atoms with Crippen LogP contribution in [0.3, 0.4) is 0 Å². The first kappa shape index (κ1) is 22.6. The Hall–Kier alpha value is -3.68. The summed E-state index contributed by atoms with van der Waals surface area (Å²) in [7, 11) is 2.61. The van der Waals surface area contributed by atoms with Gasteiger partial charge in [0.25, 0.3) is 0 Å². The highest BCUT2D eigenvalue weighted by Crippen LogP contribution is 2.40. The SMILES string of the molecule is COC(=O)C(C)(C)C(OC(=O)/C=C/c1ccc(O)c(O)c1)c1ccc(O)c(OC)c1. The van der Waals surface area contributed by atoms with Gasteiger partial charge in [0.2, 0.25) is 0 Å². The van der Waals surface area contributed by atoms with Gasteiger partial charge in [0, 0.05) is 6.08 Å². The molecule has 0 aliphatic rings. The number of esters is 2. The van der Waals surface area contributed by atoms with E-state index in [2.05, 4.69) is 0 Å². The van der Waals surface area contributed by atoms with E-state index in [1.54, 1.807) is 13.8 Å². The van der Waals surface area contributed by atoms with Gasteiger partial charge in [0.1, 0.15) is 11.5 Å². The molecule has 0 aliphatic heterocycles. The third-order valence-electron chi connectivity index (χ3n) is 4.52. The monoisotopic (exact) mass is 416 g/mol. The molecule has 0 heterocycles. The average Bonchev–Trinajstić information content (AvgIpc) is 2.72. The van der Waals surface area contributed by atoms with E-state index in [4.69, 9.17) is 14.2 Å². The predicted octanol–water partition coefficient (Wildman–Crippen LogP) is 3.31. The molecule has 0 saturated heterocycles. The number of methoxy groups -OCH3 is 2. The Morgan fingerprint density at radius 3 is 2.23 bits per heavy atom. The number of carbonyl (C=O) groups excluding carboxylic acids is 2. The number of phenolic OH excluding ortho intramolecular Hbond substituents is 3. The maximum Gasteiger partial charge on any atom is 0.331 e. The first-order chi connectivity index (χ1) is 14.1. The molecular weight excluding hydrogens is 392 g/mol. The van der Waals surface area contributed by atoms with Crippen LogP contribution < -0.4 is 4.74 Å². The summed E-state index contributed by atoms with van der Waals surface area (Å²) in [6.07, 6.45) is 1.47. The summed E-state index contributed by atoms with van der Waals surface area (Å²) in [6.45, 7) is 3.13. The van der Waals surface area contributed by atoms with Crippen molar-refractivity contribution in [3.8, 4) is 23.0 Å². The highest BCUT2D eigenvalue weighted by atomic mass is 16.6. The van der Waals surface area contributed by atoms with Crippen LogP contribution in [-0.2, 0) is 19.1 Å². The Labute approximate surface area is 173 Å². The summed E-state index contributed by atoms with van der Waals surface area (Å²) in [5.41, 5.74) is -0.377. The number of rotatable bonds is 7. The van der Waals surface area contributed by atoms with E-state index in [1.807, 2.05) is 0 Å². The lowest BCUT2D eigenvalue weighted by Gasteiger charge is -2.31. The molecule has 160 valence electrons. The van der Waals surface area contributed by atoms with Crippen LogP contribution in [0.25, 0.3) is 6.08 Å². The molecule has 0 saturated carbocycles. The van der Waals surface area contributed by atoms with E-state index < -0.39 is 23.5 Å². The van der Waals surface area contributed by atoms with Gasteiger partial charge in [-0.25, -0.2) is 4.79 Å². The molecule has 30 heavy (non-hydrogen) atoms. The van der Waals surface area contributed by atoms with Gasteiger partial charge in [-0.15, -0.1) is 0 Å². The van der Waals surface area contributed by atoms with Crippen LogP contribution in [0, 0.1) is 5.41 Å². The largest absolute Gasteiger partial charge is 0.504 e.